The summed E-state index contributed by atoms with van der Waals surface area (Å²) >= 11 is 1.65. The van der Waals surface area contributed by atoms with Crippen molar-refractivity contribution in [3.63, 3.8) is 0 Å². The lowest BCUT2D eigenvalue weighted by Crippen LogP contribution is -2.40. The molecular weight excluding hydrogens is 290 g/mol. The zero-order valence-corrected chi connectivity index (χ0v) is 13.1. The number of nitrogens with one attached hydrogen (secondary N) is 2. The highest BCUT2D eigenvalue weighted by atomic mass is 32.1. The molecule has 0 saturated heterocycles. The highest BCUT2D eigenvalue weighted by molar-refractivity contribution is 7.07. The van der Waals surface area contributed by atoms with Crippen LogP contribution in [0.4, 0.5) is 4.79 Å². The summed E-state index contributed by atoms with van der Waals surface area (Å²) in [7, 11) is 3.98. The molecule has 114 valence electrons. The topological polar surface area (TPSA) is 83.3 Å². The van der Waals surface area contributed by atoms with E-state index in [1.54, 1.807) is 18.3 Å². The number of likely N-dealkylation sites (N-methyl/N-ethyl adjacent to an activating group) is 1. The maximum absolute atomic E-state index is 11.8. The van der Waals surface area contributed by atoms with Crippen LogP contribution in [0.25, 0.3) is 0 Å². The van der Waals surface area contributed by atoms with E-state index in [1.165, 1.54) is 5.56 Å². The van der Waals surface area contributed by atoms with Gasteiger partial charge in [-0.15, -0.1) is 0 Å². The maximum atomic E-state index is 11.8. The number of amides is 2. The standard InChI is InChI=1S/C13H19N5O2S/c1-9-16-12(17-20-9)7-15-13(19)14-6-11(18(2)3)10-4-5-21-8-10/h4-5,8,11H,6-7H2,1-3H3,(H2,14,15,19). The van der Waals surface area contributed by atoms with Crippen molar-refractivity contribution < 1.29 is 9.32 Å². The summed E-state index contributed by atoms with van der Waals surface area (Å²) in [5.41, 5.74) is 1.19. The quantitative estimate of drug-likeness (QED) is 0.846. The summed E-state index contributed by atoms with van der Waals surface area (Å²) in [5.74, 6) is 0.946. The Balaban J connectivity index is 1.79. The van der Waals surface area contributed by atoms with Crippen molar-refractivity contribution in [2.45, 2.75) is 19.5 Å². The number of carbonyl (C=O) groups excluding carboxylic acids is 1. The molecule has 0 saturated carbocycles. The van der Waals surface area contributed by atoms with Crippen LogP contribution in [0.2, 0.25) is 0 Å². The molecule has 2 heterocycles. The molecule has 0 aromatic carbocycles. The van der Waals surface area contributed by atoms with E-state index >= 15 is 0 Å². The lowest BCUT2D eigenvalue weighted by atomic mass is 10.1. The number of aryl methyl sites for hydroxylation is 1. The van der Waals surface area contributed by atoms with E-state index in [9.17, 15) is 4.79 Å². The van der Waals surface area contributed by atoms with Crippen LogP contribution in [-0.4, -0.2) is 41.7 Å². The van der Waals surface area contributed by atoms with E-state index < -0.39 is 0 Å². The monoisotopic (exact) mass is 309 g/mol. The molecule has 0 aliphatic rings. The fourth-order valence-corrected chi connectivity index (χ4v) is 2.59. The largest absolute Gasteiger partial charge is 0.340 e. The first-order valence-corrected chi connectivity index (χ1v) is 7.50. The molecule has 0 aliphatic heterocycles. The van der Waals surface area contributed by atoms with Crippen molar-refractivity contribution >= 4 is 17.4 Å². The van der Waals surface area contributed by atoms with Gasteiger partial charge in [0.1, 0.15) is 0 Å². The zero-order valence-electron chi connectivity index (χ0n) is 12.3. The predicted octanol–water partition coefficient (Wildman–Crippen LogP) is 1.54. The Morgan fingerprint density at radius 2 is 2.29 bits per heavy atom. The van der Waals surface area contributed by atoms with E-state index in [2.05, 4.69) is 37.1 Å². The van der Waals surface area contributed by atoms with Gasteiger partial charge in [-0.3, -0.25) is 0 Å². The molecule has 2 aromatic heterocycles. The highest BCUT2D eigenvalue weighted by Crippen LogP contribution is 2.19. The number of nitrogens with zero attached hydrogens (tertiary/aromatic N) is 3. The first-order chi connectivity index (χ1) is 10.1. The van der Waals surface area contributed by atoms with Gasteiger partial charge in [0.15, 0.2) is 5.82 Å². The molecular formula is C13H19N5O2S. The van der Waals surface area contributed by atoms with Crippen LogP contribution in [0.5, 0.6) is 0 Å². The molecule has 1 atom stereocenters. The van der Waals surface area contributed by atoms with Crippen LogP contribution in [0.1, 0.15) is 23.3 Å². The van der Waals surface area contributed by atoms with Gasteiger partial charge >= 0.3 is 6.03 Å². The molecule has 0 bridgehead atoms. The molecule has 7 nitrogen and oxygen atoms in total. The van der Waals surface area contributed by atoms with Gasteiger partial charge < -0.3 is 20.1 Å². The number of rotatable bonds is 6. The number of carbonyl (C=O) groups is 1. The van der Waals surface area contributed by atoms with Gasteiger partial charge in [0.05, 0.1) is 12.6 Å². The van der Waals surface area contributed by atoms with Gasteiger partial charge in [0.2, 0.25) is 5.89 Å². The molecule has 0 radical (unpaired) electrons. The van der Waals surface area contributed by atoms with E-state index in [1.807, 2.05) is 19.5 Å². The van der Waals surface area contributed by atoms with Crippen molar-refractivity contribution in [2.24, 2.45) is 0 Å². The Morgan fingerprint density at radius 3 is 2.86 bits per heavy atom. The lowest BCUT2D eigenvalue weighted by Gasteiger charge is -2.23. The smallest absolute Gasteiger partial charge is 0.315 e. The van der Waals surface area contributed by atoms with Gasteiger partial charge in [0, 0.05) is 13.5 Å². The maximum Gasteiger partial charge on any atom is 0.315 e. The summed E-state index contributed by atoms with van der Waals surface area (Å²) in [6, 6.07) is 1.96. The fraction of sp³-hybridized carbons (Fsp3) is 0.462. The third-order valence-electron chi connectivity index (χ3n) is 2.98. The third kappa shape index (κ3) is 4.54. The number of urea groups is 1. The normalized spacial score (nSPS) is 12.4. The molecule has 8 heteroatoms. The molecule has 0 aliphatic carbocycles. The van der Waals surface area contributed by atoms with Gasteiger partial charge in [0.25, 0.3) is 0 Å². The van der Waals surface area contributed by atoms with Crippen LogP contribution < -0.4 is 10.6 Å². The molecule has 2 rings (SSSR count). The molecule has 0 spiro atoms. The molecule has 2 amide bonds. The summed E-state index contributed by atoms with van der Waals surface area (Å²) < 4.78 is 4.84. The minimum absolute atomic E-state index is 0.148. The summed E-state index contributed by atoms with van der Waals surface area (Å²) in [6.45, 7) is 2.48. The first-order valence-electron chi connectivity index (χ1n) is 6.55. The van der Waals surface area contributed by atoms with Crippen LogP contribution in [-0.2, 0) is 6.54 Å². The second kappa shape index (κ2) is 7.19. The van der Waals surface area contributed by atoms with Crippen molar-refractivity contribution in [3.05, 3.63) is 34.1 Å². The fourth-order valence-electron chi connectivity index (χ4n) is 1.89. The Labute approximate surface area is 127 Å². The minimum atomic E-state index is -0.250. The number of hydrogen-bond acceptors (Lipinski definition) is 6. The van der Waals surface area contributed by atoms with Gasteiger partial charge in [-0.25, -0.2) is 4.79 Å². The van der Waals surface area contributed by atoms with Crippen molar-refractivity contribution in [1.29, 1.82) is 0 Å². The molecule has 2 aromatic rings. The number of aromatic nitrogens is 2. The molecule has 2 N–H and O–H groups in total. The van der Waals surface area contributed by atoms with Gasteiger partial charge in [-0.05, 0) is 36.5 Å². The van der Waals surface area contributed by atoms with Crippen molar-refractivity contribution in [1.82, 2.24) is 25.7 Å². The van der Waals surface area contributed by atoms with Crippen LogP contribution in [0, 0.1) is 6.92 Å². The average Bonchev–Trinajstić information content (AvgIpc) is 3.08. The Morgan fingerprint density at radius 1 is 1.48 bits per heavy atom. The van der Waals surface area contributed by atoms with Crippen LogP contribution >= 0.6 is 11.3 Å². The predicted molar refractivity (Wildman–Crippen MR) is 80.0 cm³/mol. The Hall–Kier alpha value is -1.93. The van der Waals surface area contributed by atoms with Crippen LogP contribution in [0.3, 0.4) is 0 Å². The number of thiophene rings is 1. The second-order valence-electron chi connectivity index (χ2n) is 4.83. The summed E-state index contributed by atoms with van der Waals surface area (Å²) in [6.07, 6.45) is 0. The van der Waals surface area contributed by atoms with E-state index in [4.69, 9.17) is 4.52 Å². The Kier molecular flexibility index (Phi) is 5.29. The summed E-state index contributed by atoms with van der Waals surface area (Å²) in [4.78, 5) is 17.9. The minimum Gasteiger partial charge on any atom is -0.340 e. The second-order valence-corrected chi connectivity index (χ2v) is 5.61. The third-order valence-corrected chi connectivity index (χ3v) is 3.69. The van der Waals surface area contributed by atoms with Crippen molar-refractivity contribution in [2.75, 3.05) is 20.6 Å². The highest BCUT2D eigenvalue weighted by Gasteiger charge is 2.15. The summed E-state index contributed by atoms with van der Waals surface area (Å²) in [5, 5.41) is 13.4. The van der Waals surface area contributed by atoms with Gasteiger partial charge in [-0.1, -0.05) is 5.16 Å². The number of hydrogen-bond donors (Lipinski definition) is 2. The van der Waals surface area contributed by atoms with E-state index in [0.29, 0.717) is 18.3 Å². The van der Waals surface area contributed by atoms with Gasteiger partial charge in [-0.2, -0.15) is 16.3 Å². The van der Waals surface area contributed by atoms with E-state index in [-0.39, 0.29) is 18.6 Å². The zero-order chi connectivity index (χ0) is 15.2. The average molecular weight is 309 g/mol. The molecule has 1 unspecified atom stereocenters. The van der Waals surface area contributed by atoms with E-state index in [0.717, 1.165) is 0 Å². The molecule has 21 heavy (non-hydrogen) atoms. The van der Waals surface area contributed by atoms with Crippen molar-refractivity contribution in [3.8, 4) is 0 Å². The first kappa shape index (κ1) is 15.5. The Bertz CT molecular complexity index is 567. The van der Waals surface area contributed by atoms with Crippen LogP contribution in [0.15, 0.2) is 21.3 Å². The SMILES string of the molecule is Cc1nc(CNC(=O)NCC(c2ccsc2)N(C)C)no1. The molecule has 0 fully saturated rings. The lowest BCUT2D eigenvalue weighted by molar-refractivity contribution is 0.232.